The van der Waals surface area contributed by atoms with Gasteiger partial charge < -0.3 is 74.4 Å². The summed E-state index contributed by atoms with van der Waals surface area (Å²) in [5, 5.41) is 13.4. The number of nitrogens with zero attached hydrogens (tertiary/aromatic N) is 17. The van der Waals surface area contributed by atoms with Crippen LogP contribution in [0.2, 0.25) is 0 Å². The first kappa shape index (κ1) is 79.9. The van der Waals surface area contributed by atoms with Gasteiger partial charge in [0.25, 0.3) is 0 Å². The smallest absolute Gasteiger partial charge is 0.249 e. The Hall–Kier alpha value is -13.6. The minimum atomic E-state index is -0.462. The molecule has 0 bridgehead atoms. The molecular weight excluding hydrogens is 1540 g/mol. The predicted octanol–water partition coefficient (Wildman–Crippen LogP) is 13.6. The maximum absolute atomic E-state index is 13.5. The Morgan fingerprint density at radius 1 is 0.421 bits per heavy atom. The maximum atomic E-state index is 13.5. The SMILES string of the molecule is C[C@H]1COCCN1c1nc(-c2ccc(Nc3cccc(=O)[nH]3)cc2)nc2c1CCN(c1ncc(F)cn1)C2.C[C@H]1COCCN1c1nc(-c2ccc(Nc3cccc(OCc4ccccc4)n3)cc2)nc2c1CCN(c1ncc(F)cn1)C2.C[C@H]1COCCN1c1nc(-c2ccc(Nc3cccc(OCc4ccccc4)n3)cc2)nc2c1CCNC2. The summed E-state index contributed by atoms with van der Waals surface area (Å²) in [6.07, 6.45) is 7.18. The number of aromatic amines is 1. The van der Waals surface area contributed by atoms with Crippen LogP contribution in [0.5, 0.6) is 11.8 Å². The average Bonchev–Trinajstić information content (AvgIpc) is 0.782. The Balaban J connectivity index is 0.000000130. The zero-order valence-corrected chi connectivity index (χ0v) is 67.4. The van der Waals surface area contributed by atoms with Crippen molar-refractivity contribution in [2.24, 2.45) is 0 Å². The van der Waals surface area contributed by atoms with E-state index in [4.69, 9.17) is 53.6 Å². The Kier molecular flexibility index (Phi) is 24.8. The van der Waals surface area contributed by atoms with Crippen molar-refractivity contribution < 1.29 is 32.5 Å². The normalized spacial score (nSPS) is 16.8. The van der Waals surface area contributed by atoms with Crippen molar-refractivity contribution in [2.45, 2.75) is 91.0 Å². The second kappa shape index (κ2) is 37.6. The van der Waals surface area contributed by atoms with Gasteiger partial charge >= 0.3 is 0 Å². The molecule has 30 heteroatoms. The summed E-state index contributed by atoms with van der Waals surface area (Å²) in [4.78, 5) is 81.6. The van der Waals surface area contributed by atoms with Crippen LogP contribution in [-0.2, 0) is 66.3 Å². The van der Waals surface area contributed by atoms with Gasteiger partial charge in [0.2, 0.25) is 29.2 Å². The van der Waals surface area contributed by atoms with Gasteiger partial charge in [-0.1, -0.05) is 78.9 Å². The van der Waals surface area contributed by atoms with Crippen LogP contribution in [0.3, 0.4) is 0 Å². The lowest BCUT2D eigenvalue weighted by Crippen LogP contribution is -2.45. The molecule has 0 aliphatic carbocycles. The number of hydrogen-bond donors (Lipinski definition) is 5. The summed E-state index contributed by atoms with van der Waals surface area (Å²) >= 11 is 0. The molecule has 0 spiro atoms. The van der Waals surface area contributed by atoms with E-state index in [0.717, 1.165) is 167 Å². The van der Waals surface area contributed by atoms with Gasteiger partial charge in [-0.3, -0.25) is 4.79 Å². The van der Waals surface area contributed by atoms with Gasteiger partial charge in [0.1, 0.15) is 48.1 Å². The first-order chi connectivity index (χ1) is 59.3. The number of H-pyrrole nitrogens is 1. The van der Waals surface area contributed by atoms with E-state index in [0.29, 0.717) is 113 Å². The Morgan fingerprint density at radius 3 is 1.23 bits per heavy atom. The predicted molar refractivity (Wildman–Crippen MR) is 461 cm³/mol. The Labute approximate surface area is 698 Å². The third-order valence-corrected chi connectivity index (χ3v) is 21.6. The van der Waals surface area contributed by atoms with Crippen LogP contribution in [0.15, 0.2) is 218 Å². The van der Waals surface area contributed by atoms with Crippen molar-refractivity contribution in [2.75, 3.05) is 119 Å². The van der Waals surface area contributed by atoms with Gasteiger partial charge in [0.15, 0.2) is 29.1 Å². The molecule has 19 rings (SSSR count). The molecule has 0 saturated carbocycles. The third-order valence-electron chi connectivity index (χ3n) is 21.6. The molecule has 121 heavy (non-hydrogen) atoms. The quantitative estimate of drug-likeness (QED) is 0.0473. The number of hydrogen-bond acceptors (Lipinski definition) is 27. The van der Waals surface area contributed by atoms with E-state index < -0.39 is 11.6 Å². The summed E-state index contributed by atoms with van der Waals surface area (Å²) in [6.45, 7) is 18.0. The molecule has 3 fully saturated rings. The van der Waals surface area contributed by atoms with E-state index in [9.17, 15) is 13.6 Å². The molecule has 6 aliphatic heterocycles. The zero-order chi connectivity index (χ0) is 82.4. The van der Waals surface area contributed by atoms with Gasteiger partial charge in [-0.25, -0.2) is 58.6 Å². The van der Waals surface area contributed by atoms with Crippen molar-refractivity contribution in [3.8, 4) is 45.9 Å². The molecule has 8 aromatic heterocycles. The number of anilines is 11. The first-order valence-corrected chi connectivity index (χ1v) is 40.8. The van der Waals surface area contributed by atoms with Crippen molar-refractivity contribution in [3.05, 3.63) is 280 Å². The molecule has 616 valence electrons. The molecule has 3 atom stereocenters. The minimum Gasteiger partial charge on any atom is -0.473 e. The summed E-state index contributed by atoms with van der Waals surface area (Å²) in [6, 6.07) is 61.1. The molecule has 5 N–H and O–H groups in total. The third kappa shape index (κ3) is 19.8. The standard InChI is InChI=1S/C34H33FN8O2.C30H32N6O2.C27H27FN8O2/c1-23-21-44-17-16-43(23)33-28-14-15-42(34-36-18-26(35)19-37-34)20-29(28)39-32(41-33)25-10-12-27(13-11-25)38-30-8-5-9-31(40-30)45-22-24-6-3-2-4-7-24;1-21-19-37-17-16-36(21)30-25-14-15-31-18-26(25)33-29(35-30)23-10-12-24(13-11-23)32-27-8-5-9-28(34-27)38-20-22-6-3-2-4-7-22;1-17-16-38-12-11-36(17)26-21-9-10-35(27-29-13-19(28)14-30-27)15-22(21)32-25(34-26)18-5-7-20(8-6-18)31-23-3-2-4-24(37)33-23/h2-13,18-19,23H,14-17,20-22H2,1H3,(H,38,40);2-13,21,31H,14-20H2,1H3,(H,32,34);2-8,13-14,17H,9-12,15-16H2,1H3,(H2,31,33,37)/t23-;21-;17-/m000/s1. The van der Waals surface area contributed by atoms with Crippen LogP contribution >= 0.6 is 0 Å². The summed E-state index contributed by atoms with van der Waals surface area (Å²) < 4.78 is 55.7. The summed E-state index contributed by atoms with van der Waals surface area (Å²) in [5.41, 5.74) is 13.9. The van der Waals surface area contributed by atoms with E-state index in [1.54, 1.807) is 12.1 Å². The van der Waals surface area contributed by atoms with Gasteiger partial charge in [0, 0.05) is 108 Å². The molecule has 3 saturated heterocycles. The number of aromatic nitrogens is 13. The number of pyridine rings is 3. The fraction of sp³-hybridized carbons (Fsp3) is 0.286. The number of rotatable bonds is 20. The number of benzene rings is 5. The van der Waals surface area contributed by atoms with Crippen LogP contribution in [0, 0.1) is 11.6 Å². The fourth-order valence-electron chi connectivity index (χ4n) is 15.3. The van der Waals surface area contributed by atoms with Gasteiger partial charge in [-0.15, -0.1) is 0 Å². The molecule has 5 aromatic carbocycles. The molecule has 0 unspecified atom stereocenters. The van der Waals surface area contributed by atoms with E-state index in [-0.39, 0.29) is 23.7 Å². The van der Waals surface area contributed by atoms with E-state index in [2.05, 4.69) is 104 Å². The molecule has 14 heterocycles. The van der Waals surface area contributed by atoms with Gasteiger partial charge in [-0.2, -0.15) is 9.97 Å². The van der Waals surface area contributed by atoms with Crippen LogP contribution in [0.25, 0.3) is 34.2 Å². The average molecular weight is 1630 g/mol. The highest BCUT2D eigenvalue weighted by atomic mass is 19.1. The Bertz CT molecular complexity index is 5740. The molecular formula is C91H92F2N22O6. The molecule has 13 aromatic rings. The molecule has 0 radical (unpaired) electrons. The number of halogens is 2. The van der Waals surface area contributed by atoms with Gasteiger partial charge in [-0.05, 0) is 149 Å². The van der Waals surface area contributed by atoms with Crippen molar-refractivity contribution in [1.82, 2.24) is 70.1 Å². The lowest BCUT2D eigenvalue weighted by atomic mass is 10.0. The summed E-state index contributed by atoms with van der Waals surface area (Å²) in [7, 11) is 0. The molecule has 0 amide bonds. The minimum absolute atomic E-state index is 0.168. The maximum Gasteiger partial charge on any atom is 0.249 e. The lowest BCUT2D eigenvalue weighted by Gasteiger charge is -2.37. The second-order valence-corrected chi connectivity index (χ2v) is 30.2. The number of nitrogens with one attached hydrogen (secondary N) is 5. The van der Waals surface area contributed by atoms with Crippen molar-refractivity contribution in [1.29, 1.82) is 0 Å². The van der Waals surface area contributed by atoms with Crippen molar-refractivity contribution in [3.63, 3.8) is 0 Å². The summed E-state index contributed by atoms with van der Waals surface area (Å²) in [5.74, 6) is 8.16. The van der Waals surface area contributed by atoms with Crippen LogP contribution in [0.4, 0.5) is 72.6 Å². The van der Waals surface area contributed by atoms with E-state index >= 15 is 0 Å². The topological polar surface area (TPSA) is 298 Å². The monoisotopic (exact) mass is 1630 g/mol. The highest BCUT2D eigenvalue weighted by Crippen LogP contribution is 2.37. The zero-order valence-electron chi connectivity index (χ0n) is 67.4. The largest absolute Gasteiger partial charge is 0.473 e. The highest BCUT2D eigenvalue weighted by molar-refractivity contribution is 5.70. The second-order valence-electron chi connectivity index (χ2n) is 30.2. The highest BCUT2D eigenvalue weighted by Gasteiger charge is 2.34. The fourth-order valence-corrected chi connectivity index (χ4v) is 15.3. The van der Waals surface area contributed by atoms with Crippen LogP contribution < -0.4 is 60.8 Å². The first-order valence-electron chi connectivity index (χ1n) is 40.8. The molecule has 28 nitrogen and oxygen atoms in total. The lowest BCUT2D eigenvalue weighted by molar-refractivity contribution is 0.0983. The Morgan fingerprint density at radius 2 is 0.818 bits per heavy atom. The van der Waals surface area contributed by atoms with Gasteiger partial charge in [0.05, 0.1) is 113 Å². The number of ether oxygens (including phenoxy) is 5. The van der Waals surface area contributed by atoms with Crippen molar-refractivity contribution >= 4 is 63.9 Å². The van der Waals surface area contributed by atoms with Crippen LogP contribution in [0.1, 0.15) is 65.7 Å². The number of morpholine rings is 3. The van der Waals surface area contributed by atoms with Crippen LogP contribution in [-0.4, -0.2) is 162 Å². The number of fused-ring (bicyclic) bond motifs is 3. The van der Waals surface area contributed by atoms with E-state index in [1.165, 1.54) is 36.4 Å². The van der Waals surface area contributed by atoms with E-state index in [1.807, 2.05) is 168 Å². The molecule has 6 aliphatic rings.